The number of nitrogens with one attached hydrogen (secondary N) is 2. The molecule has 1 atom stereocenters. The van der Waals surface area contributed by atoms with Gasteiger partial charge in [0.1, 0.15) is 5.82 Å². The number of pyridine rings is 1. The fourth-order valence-corrected chi connectivity index (χ4v) is 3.15. The second kappa shape index (κ2) is 11.8. The quantitative estimate of drug-likeness (QED) is 0.505. The van der Waals surface area contributed by atoms with E-state index < -0.39 is 0 Å². The number of aromatic nitrogens is 1. The molecule has 2 heterocycles. The van der Waals surface area contributed by atoms with Gasteiger partial charge in [-0.1, -0.05) is 6.07 Å². The minimum absolute atomic E-state index is 0.452. The van der Waals surface area contributed by atoms with Crippen molar-refractivity contribution >= 4 is 11.8 Å². The summed E-state index contributed by atoms with van der Waals surface area (Å²) in [5, 5.41) is 6.79. The number of ether oxygens (including phenoxy) is 1. The lowest BCUT2D eigenvalue weighted by molar-refractivity contribution is 0.0211. The van der Waals surface area contributed by atoms with Crippen molar-refractivity contribution in [1.82, 2.24) is 20.5 Å². The molecule has 152 valence electrons. The maximum Gasteiger partial charge on any atom is 0.191 e. The van der Waals surface area contributed by atoms with Gasteiger partial charge in [0, 0.05) is 51.5 Å². The van der Waals surface area contributed by atoms with Gasteiger partial charge in [-0.2, -0.15) is 0 Å². The van der Waals surface area contributed by atoms with Crippen molar-refractivity contribution < 1.29 is 4.74 Å². The van der Waals surface area contributed by atoms with Crippen LogP contribution in [-0.2, 0) is 11.3 Å². The van der Waals surface area contributed by atoms with Crippen molar-refractivity contribution in [3.63, 3.8) is 0 Å². The van der Waals surface area contributed by atoms with E-state index in [-0.39, 0.29) is 0 Å². The first kappa shape index (κ1) is 21.4. The first-order valence-corrected chi connectivity index (χ1v) is 10.2. The van der Waals surface area contributed by atoms with Crippen LogP contribution in [0.5, 0.6) is 0 Å². The highest BCUT2D eigenvalue weighted by Gasteiger charge is 2.17. The van der Waals surface area contributed by atoms with Crippen molar-refractivity contribution in [3.05, 3.63) is 23.9 Å². The van der Waals surface area contributed by atoms with Gasteiger partial charge in [-0.25, -0.2) is 9.98 Å². The summed E-state index contributed by atoms with van der Waals surface area (Å²) in [5.74, 6) is 1.88. The van der Waals surface area contributed by atoms with E-state index in [0.717, 1.165) is 69.8 Å². The molecule has 7 nitrogen and oxygen atoms in total. The molecule has 0 bridgehead atoms. The average Bonchev–Trinajstić information content (AvgIpc) is 2.72. The zero-order chi connectivity index (χ0) is 19.5. The minimum atomic E-state index is 0.452. The summed E-state index contributed by atoms with van der Waals surface area (Å²) in [7, 11) is 0. The molecule has 7 heteroatoms. The lowest BCUT2D eigenvalue weighted by Crippen LogP contribution is -2.49. The smallest absolute Gasteiger partial charge is 0.191 e. The number of hydrogen-bond donors (Lipinski definition) is 2. The van der Waals surface area contributed by atoms with Crippen molar-refractivity contribution in [2.75, 3.05) is 57.4 Å². The van der Waals surface area contributed by atoms with Gasteiger partial charge in [-0.05, 0) is 39.3 Å². The van der Waals surface area contributed by atoms with Gasteiger partial charge < -0.3 is 20.3 Å². The molecule has 1 saturated heterocycles. The van der Waals surface area contributed by atoms with Crippen LogP contribution in [0.25, 0.3) is 0 Å². The Bertz CT molecular complexity index is 552. The Kier molecular flexibility index (Phi) is 9.35. The molecule has 1 aromatic heterocycles. The molecule has 0 aliphatic carbocycles. The maximum atomic E-state index is 5.43. The Labute approximate surface area is 164 Å². The third-order valence-electron chi connectivity index (χ3n) is 4.89. The van der Waals surface area contributed by atoms with Crippen LogP contribution in [0.2, 0.25) is 0 Å². The van der Waals surface area contributed by atoms with Crippen LogP contribution in [0.4, 0.5) is 5.82 Å². The van der Waals surface area contributed by atoms with Gasteiger partial charge in [0.2, 0.25) is 0 Å². The largest absolute Gasteiger partial charge is 0.379 e. The summed E-state index contributed by atoms with van der Waals surface area (Å²) < 4.78 is 5.43. The van der Waals surface area contributed by atoms with Gasteiger partial charge >= 0.3 is 0 Å². The van der Waals surface area contributed by atoms with E-state index in [1.807, 2.05) is 6.20 Å². The first-order valence-electron chi connectivity index (χ1n) is 10.2. The van der Waals surface area contributed by atoms with Crippen molar-refractivity contribution in [2.45, 2.75) is 40.3 Å². The molecule has 0 amide bonds. The summed E-state index contributed by atoms with van der Waals surface area (Å²) in [6, 6.07) is 4.65. The monoisotopic (exact) mass is 376 g/mol. The molecule has 1 aliphatic heterocycles. The van der Waals surface area contributed by atoms with E-state index >= 15 is 0 Å². The second-order valence-electron chi connectivity index (χ2n) is 6.77. The van der Waals surface area contributed by atoms with Crippen molar-refractivity contribution in [1.29, 1.82) is 0 Å². The predicted molar refractivity (Wildman–Crippen MR) is 112 cm³/mol. The second-order valence-corrected chi connectivity index (χ2v) is 6.77. The molecule has 0 radical (unpaired) electrons. The Morgan fingerprint density at radius 2 is 1.96 bits per heavy atom. The zero-order valence-electron chi connectivity index (χ0n) is 17.4. The molecular weight excluding hydrogens is 340 g/mol. The van der Waals surface area contributed by atoms with E-state index in [1.165, 1.54) is 0 Å². The molecule has 0 saturated carbocycles. The number of nitrogens with zero attached hydrogens (tertiary/aromatic N) is 4. The van der Waals surface area contributed by atoms with E-state index in [2.05, 4.69) is 65.2 Å². The van der Waals surface area contributed by atoms with Crippen LogP contribution in [0.3, 0.4) is 0 Å². The van der Waals surface area contributed by atoms with E-state index in [1.54, 1.807) is 0 Å². The van der Waals surface area contributed by atoms with E-state index in [4.69, 9.17) is 9.73 Å². The standard InChI is InChI=1S/C20H36N6O/c1-5-21-20(23-14-17(4)26-10-12-27-13-11-26)24-16-18-8-9-19(22-15-18)25(6-2)7-3/h8-9,15,17H,5-7,10-14,16H2,1-4H3,(H2,21,23,24). The highest BCUT2D eigenvalue weighted by molar-refractivity contribution is 5.79. The maximum absolute atomic E-state index is 5.43. The lowest BCUT2D eigenvalue weighted by atomic mass is 10.2. The number of anilines is 1. The molecule has 2 rings (SSSR count). The molecule has 0 spiro atoms. The molecule has 0 aromatic carbocycles. The normalized spacial score (nSPS) is 16.8. The van der Waals surface area contributed by atoms with Crippen LogP contribution >= 0.6 is 0 Å². The third-order valence-corrected chi connectivity index (χ3v) is 4.89. The van der Waals surface area contributed by atoms with Gasteiger partial charge in [0.15, 0.2) is 5.96 Å². The molecule has 2 N–H and O–H groups in total. The molecule has 1 aromatic rings. The van der Waals surface area contributed by atoms with Crippen LogP contribution in [0.15, 0.2) is 23.3 Å². The summed E-state index contributed by atoms with van der Waals surface area (Å²) in [5.41, 5.74) is 1.12. The SMILES string of the molecule is CCNC(=NCc1ccc(N(CC)CC)nc1)NCC(C)N1CCOCC1. The topological polar surface area (TPSA) is 65.0 Å². The van der Waals surface area contributed by atoms with Gasteiger partial charge in [0.25, 0.3) is 0 Å². The number of guanidine groups is 1. The van der Waals surface area contributed by atoms with Gasteiger partial charge in [-0.3, -0.25) is 4.90 Å². The molecule has 27 heavy (non-hydrogen) atoms. The zero-order valence-corrected chi connectivity index (χ0v) is 17.4. The third kappa shape index (κ3) is 6.99. The number of morpholine rings is 1. The molecule has 1 aliphatic rings. The van der Waals surface area contributed by atoms with Gasteiger partial charge in [-0.15, -0.1) is 0 Å². The predicted octanol–water partition coefficient (Wildman–Crippen LogP) is 1.70. The fraction of sp³-hybridized carbons (Fsp3) is 0.700. The highest BCUT2D eigenvalue weighted by atomic mass is 16.5. The lowest BCUT2D eigenvalue weighted by Gasteiger charge is -2.32. The summed E-state index contributed by atoms with van der Waals surface area (Å²) in [6.07, 6.45) is 1.93. The van der Waals surface area contributed by atoms with Crippen LogP contribution in [0.1, 0.15) is 33.3 Å². The highest BCUT2D eigenvalue weighted by Crippen LogP contribution is 2.11. The Hall–Kier alpha value is -1.86. The van der Waals surface area contributed by atoms with Crippen molar-refractivity contribution in [2.24, 2.45) is 4.99 Å². The Balaban J connectivity index is 1.88. The van der Waals surface area contributed by atoms with E-state index in [9.17, 15) is 0 Å². The van der Waals surface area contributed by atoms with Crippen molar-refractivity contribution in [3.8, 4) is 0 Å². The summed E-state index contributed by atoms with van der Waals surface area (Å²) in [6.45, 7) is 16.6. The first-order chi connectivity index (χ1) is 13.2. The van der Waals surface area contributed by atoms with Crippen LogP contribution in [0, 0.1) is 0 Å². The van der Waals surface area contributed by atoms with Crippen LogP contribution in [-0.4, -0.2) is 74.4 Å². The number of hydrogen-bond acceptors (Lipinski definition) is 5. The Morgan fingerprint density at radius 1 is 1.22 bits per heavy atom. The average molecular weight is 377 g/mol. The summed E-state index contributed by atoms with van der Waals surface area (Å²) >= 11 is 0. The van der Waals surface area contributed by atoms with Crippen LogP contribution < -0.4 is 15.5 Å². The number of aliphatic imine (C=N–C) groups is 1. The fourth-order valence-electron chi connectivity index (χ4n) is 3.15. The minimum Gasteiger partial charge on any atom is -0.379 e. The molecule has 1 unspecified atom stereocenters. The van der Waals surface area contributed by atoms with E-state index in [0.29, 0.717) is 12.6 Å². The van der Waals surface area contributed by atoms with Gasteiger partial charge in [0.05, 0.1) is 19.8 Å². The summed E-state index contributed by atoms with van der Waals surface area (Å²) in [4.78, 5) is 14.0. The molecule has 1 fully saturated rings. The number of rotatable bonds is 9. The Morgan fingerprint density at radius 3 is 2.56 bits per heavy atom. The molecular formula is C20H36N6O.